The van der Waals surface area contributed by atoms with Crippen molar-refractivity contribution < 1.29 is 14.3 Å². The second kappa shape index (κ2) is 6.88. The predicted octanol–water partition coefficient (Wildman–Crippen LogP) is 3.43. The minimum Gasteiger partial charge on any atom is -0.454 e. The van der Waals surface area contributed by atoms with Gasteiger partial charge in [-0.2, -0.15) is 0 Å². The van der Waals surface area contributed by atoms with Gasteiger partial charge in [0.15, 0.2) is 11.5 Å². The second-order valence-electron chi connectivity index (χ2n) is 6.83. The molecule has 0 aliphatic carbocycles. The van der Waals surface area contributed by atoms with Crippen LogP contribution in [0.1, 0.15) is 21.5 Å². The van der Waals surface area contributed by atoms with Crippen molar-refractivity contribution in [2.24, 2.45) is 0 Å². The number of carbonyl (C=O) groups excluding carboxylic acids is 1. The molecule has 5 rings (SSSR count). The summed E-state index contributed by atoms with van der Waals surface area (Å²) in [6.07, 6.45) is 4.40. The topological polar surface area (TPSA) is 63.7 Å². The molecule has 0 fully saturated rings. The van der Waals surface area contributed by atoms with E-state index in [9.17, 15) is 4.79 Å². The van der Waals surface area contributed by atoms with E-state index in [-0.39, 0.29) is 12.7 Å². The minimum absolute atomic E-state index is 0.153. The van der Waals surface area contributed by atoms with Crippen LogP contribution in [0, 0.1) is 0 Å². The highest BCUT2D eigenvalue weighted by Gasteiger charge is 2.21. The number of nitrogens with one attached hydrogen (secondary N) is 1. The first kappa shape index (κ1) is 16.6. The molecule has 140 valence electrons. The number of rotatable bonds is 4. The lowest BCUT2D eigenvalue weighted by Crippen LogP contribution is -2.23. The monoisotopic (exact) mass is 373 g/mol. The number of para-hydroxylation sites is 1. The fourth-order valence-corrected chi connectivity index (χ4v) is 3.64. The highest BCUT2D eigenvalue weighted by Crippen LogP contribution is 2.34. The van der Waals surface area contributed by atoms with Gasteiger partial charge < -0.3 is 19.7 Å². The number of aromatic nitrogens is 1. The standard InChI is InChI=1S/C22H19N3O3/c26-22(24-11-15-5-6-20-21(9-15)28-14-27-20)17-10-18(13-23-12-17)25-8-7-16-3-1-2-4-19(16)25/h1-6,9-10,12-13H,7-8,11,14H2,(H,24,26). The molecule has 1 aromatic heterocycles. The van der Waals surface area contributed by atoms with E-state index in [4.69, 9.17) is 9.47 Å². The van der Waals surface area contributed by atoms with E-state index in [1.807, 2.05) is 30.3 Å². The van der Waals surface area contributed by atoms with Crippen LogP contribution in [0.3, 0.4) is 0 Å². The Labute approximate surface area is 162 Å². The third-order valence-corrected chi connectivity index (χ3v) is 5.07. The molecule has 2 aromatic carbocycles. The summed E-state index contributed by atoms with van der Waals surface area (Å²) >= 11 is 0. The normalized spacial score (nSPS) is 14.1. The van der Waals surface area contributed by atoms with Gasteiger partial charge in [0.1, 0.15) is 0 Å². The highest BCUT2D eigenvalue weighted by atomic mass is 16.7. The molecule has 1 N–H and O–H groups in total. The molecular formula is C22H19N3O3. The molecule has 2 aliphatic heterocycles. The van der Waals surface area contributed by atoms with Gasteiger partial charge in [-0.1, -0.05) is 24.3 Å². The zero-order valence-electron chi connectivity index (χ0n) is 15.2. The summed E-state index contributed by atoms with van der Waals surface area (Å²) in [4.78, 5) is 19.1. The SMILES string of the molecule is O=C(NCc1ccc2c(c1)OCO2)c1cncc(N2CCc3ccccc32)c1. The average Bonchev–Trinajstić information content (AvgIpc) is 3.38. The molecule has 28 heavy (non-hydrogen) atoms. The van der Waals surface area contributed by atoms with Crippen LogP contribution in [0.15, 0.2) is 60.9 Å². The van der Waals surface area contributed by atoms with Crippen LogP contribution in [0.2, 0.25) is 0 Å². The zero-order valence-corrected chi connectivity index (χ0v) is 15.2. The third-order valence-electron chi connectivity index (χ3n) is 5.07. The Kier molecular flexibility index (Phi) is 4.09. The van der Waals surface area contributed by atoms with E-state index >= 15 is 0 Å². The smallest absolute Gasteiger partial charge is 0.253 e. The molecular weight excluding hydrogens is 354 g/mol. The average molecular weight is 373 g/mol. The number of hydrogen-bond donors (Lipinski definition) is 1. The van der Waals surface area contributed by atoms with Gasteiger partial charge in [-0.15, -0.1) is 0 Å². The zero-order chi connectivity index (χ0) is 18.9. The third kappa shape index (κ3) is 3.03. The minimum atomic E-state index is -0.153. The first-order valence-corrected chi connectivity index (χ1v) is 9.25. The van der Waals surface area contributed by atoms with Gasteiger partial charge in [-0.05, 0) is 41.8 Å². The molecule has 0 spiro atoms. The maximum Gasteiger partial charge on any atom is 0.253 e. The summed E-state index contributed by atoms with van der Waals surface area (Å²) in [5, 5.41) is 2.95. The lowest BCUT2D eigenvalue weighted by atomic mass is 10.1. The lowest BCUT2D eigenvalue weighted by molar-refractivity contribution is 0.0950. The molecule has 0 saturated carbocycles. The van der Waals surface area contributed by atoms with Crippen LogP contribution >= 0.6 is 0 Å². The molecule has 6 nitrogen and oxygen atoms in total. The summed E-state index contributed by atoms with van der Waals surface area (Å²) in [6.45, 7) is 1.54. The molecule has 1 amide bonds. The number of carbonyl (C=O) groups is 1. The number of fused-ring (bicyclic) bond motifs is 2. The summed E-state index contributed by atoms with van der Waals surface area (Å²) < 4.78 is 10.7. The van der Waals surface area contributed by atoms with E-state index in [2.05, 4.69) is 33.4 Å². The maximum atomic E-state index is 12.6. The largest absolute Gasteiger partial charge is 0.454 e. The van der Waals surface area contributed by atoms with Crippen LogP contribution in [-0.4, -0.2) is 24.2 Å². The Hall–Kier alpha value is -3.54. The fourth-order valence-electron chi connectivity index (χ4n) is 3.64. The van der Waals surface area contributed by atoms with Gasteiger partial charge in [0, 0.05) is 25.0 Å². The van der Waals surface area contributed by atoms with Crippen molar-refractivity contribution in [2.45, 2.75) is 13.0 Å². The molecule has 3 aromatic rings. The van der Waals surface area contributed by atoms with E-state index in [0.29, 0.717) is 17.9 Å². The predicted molar refractivity (Wildman–Crippen MR) is 105 cm³/mol. The Morgan fingerprint density at radius 3 is 2.93 bits per heavy atom. The quantitative estimate of drug-likeness (QED) is 0.759. The van der Waals surface area contributed by atoms with Crippen LogP contribution in [0.5, 0.6) is 11.5 Å². The Balaban J connectivity index is 1.30. The first-order valence-electron chi connectivity index (χ1n) is 9.25. The highest BCUT2D eigenvalue weighted by molar-refractivity contribution is 5.95. The van der Waals surface area contributed by atoms with Gasteiger partial charge in [-0.25, -0.2) is 0 Å². The lowest BCUT2D eigenvalue weighted by Gasteiger charge is -2.19. The summed E-state index contributed by atoms with van der Waals surface area (Å²) in [5.41, 5.74) is 4.93. The number of ether oxygens (including phenoxy) is 2. The van der Waals surface area contributed by atoms with Gasteiger partial charge in [0.05, 0.1) is 17.4 Å². The van der Waals surface area contributed by atoms with Gasteiger partial charge in [0.2, 0.25) is 6.79 Å². The number of anilines is 2. The van der Waals surface area contributed by atoms with E-state index < -0.39 is 0 Å². The van der Waals surface area contributed by atoms with Crippen LogP contribution in [0.4, 0.5) is 11.4 Å². The van der Waals surface area contributed by atoms with Crippen molar-refractivity contribution in [1.82, 2.24) is 10.3 Å². The van der Waals surface area contributed by atoms with Crippen molar-refractivity contribution >= 4 is 17.3 Å². The van der Waals surface area contributed by atoms with E-state index in [1.165, 1.54) is 11.3 Å². The molecule has 0 bridgehead atoms. The van der Waals surface area contributed by atoms with Crippen molar-refractivity contribution in [3.8, 4) is 11.5 Å². The number of amides is 1. The van der Waals surface area contributed by atoms with Crippen LogP contribution < -0.4 is 19.7 Å². The van der Waals surface area contributed by atoms with E-state index in [0.717, 1.165) is 30.0 Å². The molecule has 0 saturated heterocycles. The van der Waals surface area contributed by atoms with Crippen molar-refractivity contribution in [1.29, 1.82) is 0 Å². The first-order chi connectivity index (χ1) is 13.8. The Morgan fingerprint density at radius 1 is 1.07 bits per heavy atom. The molecule has 0 radical (unpaired) electrons. The van der Waals surface area contributed by atoms with Crippen LogP contribution in [-0.2, 0) is 13.0 Å². The number of hydrogen-bond acceptors (Lipinski definition) is 5. The van der Waals surface area contributed by atoms with Gasteiger partial charge in [0.25, 0.3) is 5.91 Å². The number of benzene rings is 2. The summed E-state index contributed by atoms with van der Waals surface area (Å²) in [7, 11) is 0. The van der Waals surface area contributed by atoms with Gasteiger partial charge in [-0.3, -0.25) is 9.78 Å². The van der Waals surface area contributed by atoms with Crippen LogP contribution in [0.25, 0.3) is 0 Å². The molecule has 3 heterocycles. The van der Waals surface area contributed by atoms with Gasteiger partial charge >= 0.3 is 0 Å². The second-order valence-corrected chi connectivity index (χ2v) is 6.83. The van der Waals surface area contributed by atoms with Crippen molar-refractivity contribution in [2.75, 3.05) is 18.2 Å². The fraction of sp³-hybridized carbons (Fsp3) is 0.182. The van der Waals surface area contributed by atoms with Crippen molar-refractivity contribution in [3.63, 3.8) is 0 Å². The Bertz CT molecular complexity index is 1050. The molecule has 6 heteroatoms. The molecule has 2 aliphatic rings. The Morgan fingerprint density at radius 2 is 1.96 bits per heavy atom. The molecule has 0 atom stereocenters. The number of nitrogens with zero attached hydrogens (tertiary/aromatic N) is 2. The van der Waals surface area contributed by atoms with Crippen molar-refractivity contribution in [3.05, 3.63) is 77.6 Å². The van der Waals surface area contributed by atoms with E-state index in [1.54, 1.807) is 12.4 Å². The summed E-state index contributed by atoms with van der Waals surface area (Å²) in [5.74, 6) is 1.29. The number of pyridine rings is 1. The maximum absolute atomic E-state index is 12.6. The molecule has 0 unspecified atom stereocenters. The summed E-state index contributed by atoms with van der Waals surface area (Å²) in [6, 6.07) is 15.9.